The van der Waals surface area contributed by atoms with E-state index in [1.54, 1.807) is 0 Å². The number of phosphoric ester groups is 1. The molecule has 32 heavy (non-hydrogen) atoms. The monoisotopic (exact) mass is 484 g/mol. The number of rotatable bonds is 23. The van der Waals surface area contributed by atoms with E-state index in [1.165, 1.54) is 57.8 Å². The van der Waals surface area contributed by atoms with E-state index in [2.05, 4.69) is 16.0 Å². The SMILES string of the molecule is CCCCCCCCCCCCCCCC(=O)O[C@H](CO)COP(=O)(O)OC[C@@H](O)CO. The average molecular weight is 485 g/mol. The molecule has 0 fully saturated rings. The van der Waals surface area contributed by atoms with Crippen LogP contribution >= 0.6 is 7.82 Å². The molecular weight excluding hydrogens is 439 g/mol. The van der Waals surface area contributed by atoms with Gasteiger partial charge in [-0.25, -0.2) is 4.57 Å². The van der Waals surface area contributed by atoms with Crippen molar-refractivity contribution in [2.75, 3.05) is 26.4 Å². The van der Waals surface area contributed by atoms with E-state index < -0.39 is 52.4 Å². The number of esters is 1. The van der Waals surface area contributed by atoms with Gasteiger partial charge in [0.1, 0.15) is 12.2 Å². The summed E-state index contributed by atoms with van der Waals surface area (Å²) in [6, 6.07) is 0. The van der Waals surface area contributed by atoms with Crippen molar-refractivity contribution in [1.82, 2.24) is 0 Å². The first kappa shape index (κ1) is 31.5. The quantitative estimate of drug-likeness (QED) is 0.0965. The lowest BCUT2D eigenvalue weighted by molar-refractivity contribution is -0.153. The highest BCUT2D eigenvalue weighted by Gasteiger charge is 2.25. The van der Waals surface area contributed by atoms with Crippen LogP contribution in [-0.2, 0) is 23.1 Å². The summed E-state index contributed by atoms with van der Waals surface area (Å²) >= 11 is 0. The van der Waals surface area contributed by atoms with E-state index in [4.69, 9.17) is 14.9 Å². The first-order chi connectivity index (χ1) is 15.3. The van der Waals surface area contributed by atoms with Crippen LogP contribution in [0.15, 0.2) is 0 Å². The Morgan fingerprint density at radius 3 is 1.72 bits per heavy atom. The van der Waals surface area contributed by atoms with Gasteiger partial charge in [0.05, 0.1) is 26.4 Å². The van der Waals surface area contributed by atoms with Gasteiger partial charge in [-0.05, 0) is 6.42 Å². The molecule has 0 aliphatic rings. The van der Waals surface area contributed by atoms with Gasteiger partial charge < -0.3 is 24.9 Å². The molecule has 0 aliphatic heterocycles. The van der Waals surface area contributed by atoms with Gasteiger partial charge in [-0.1, -0.05) is 84.0 Å². The maximum absolute atomic E-state index is 11.9. The number of ether oxygens (including phenoxy) is 1. The number of aliphatic hydroxyl groups excluding tert-OH is 3. The zero-order chi connectivity index (χ0) is 24.1. The molecule has 0 aromatic carbocycles. The fourth-order valence-corrected chi connectivity index (χ4v) is 3.89. The number of carbonyl (C=O) groups is 1. The summed E-state index contributed by atoms with van der Waals surface area (Å²) in [6.45, 7) is -0.0774. The Bertz CT molecular complexity index is 490. The molecule has 0 aliphatic carbocycles. The standard InChI is InChI=1S/C22H45O9P/c1-2-3-4-5-6-7-8-9-10-11-12-13-14-15-22(26)31-21(17-24)19-30-32(27,28)29-18-20(25)16-23/h20-21,23-25H,2-19H2,1H3,(H,27,28)/t20-,21+/m0/s1. The minimum absolute atomic E-state index is 0.213. The van der Waals surface area contributed by atoms with Crippen molar-refractivity contribution in [2.24, 2.45) is 0 Å². The molecule has 10 heteroatoms. The first-order valence-corrected chi connectivity index (χ1v) is 13.5. The molecule has 0 amide bonds. The number of carbonyl (C=O) groups excluding carboxylic acids is 1. The van der Waals surface area contributed by atoms with Gasteiger partial charge in [0.2, 0.25) is 0 Å². The molecule has 0 rings (SSSR count). The molecule has 0 radical (unpaired) electrons. The maximum atomic E-state index is 11.9. The minimum Gasteiger partial charge on any atom is -0.457 e. The van der Waals surface area contributed by atoms with Crippen molar-refractivity contribution < 1.29 is 43.4 Å². The second kappa shape index (κ2) is 21.0. The van der Waals surface area contributed by atoms with Crippen molar-refractivity contribution in [3.05, 3.63) is 0 Å². The van der Waals surface area contributed by atoms with E-state index in [0.717, 1.165) is 19.3 Å². The Labute approximate surface area is 193 Å². The summed E-state index contributed by atoms with van der Waals surface area (Å²) in [5.41, 5.74) is 0. The summed E-state index contributed by atoms with van der Waals surface area (Å²) in [4.78, 5) is 21.3. The smallest absolute Gasteiger partial charge is 0.457 e. The molecule has 0 spiro atoms. The van der Waals surface area contributed by atoms with E-state index in [-0.39, 0.29) is 6.42 Å². The van der Waals surface area contributed by atoms with Crippen LogP contribution in [0.25, 0.3) is 0 Å². The molecule has 3 atom stereocenters. The van der Waals surface area contributed by atoms with Gasteiger partial charge in [-0.2, -0.15) is 0 Å². The van der Waals surface area contributed by atoms with E-state index in [0.29, 0.717) is 6.42 Å². The molecule has 9 nitrogen and oxygen atoms in total. The Kier molecular flexibility index (Phi) is 20.7. The Morgan fingerprint density at radius 1 is 0.781 bits per heavy atom. The van der Waals surface area contributed by atoms with Gasteiger partial charge >= 0.3 is 13.8 Å². The van der Waals surface area contributed by atoms with Crippen LogP contribution in [0.3, 0.4) is 0 Å². The third-order valence-corrected chi connectivity index (χ3v) is 6.00. The molecule has 0 heterocycles. The number of unbranched alkanes of at least 4 members (excludes halogenated alkanes) is 12. The maximum Gasteiger partial charge on any atom is 0.472 e. The van der Waals surface area contributed by atoms with Crippen LogP contribution in [0.4, 0.5) is 0 Å². The number of phosphoric acid groups is 1. The summed E-state index contributed by atoms with van der Waals surface area (Å²) in [5, 5.41) is 27.0. The molecule has 0 saturated carbocycles. The minimum atomic E-state index is -4.49. The number of hydrogen-bond acceptors (Lipinski definition) is 8. The number of hydrogen-bond donors (Lipinski definition) is 4. The predicted molar refractivity (Wildman–Crippen MR) is 122 cm³/mol. The molecule has 0 aromatic heterocycles. The summed E-state index contributed by atoms with van der Waals surface area (Å²) in [6.07, 6.45) is 13.5. The second-order valence-electron chi connectivity index (χ2n) is 8.18. The van der Waals surface area contributed by atoms with Gasteiger partial charge in [0, 0.05) is 6.42 Å². The van der Waals surface area contributed by atoms with Crippen molar-refractivity contribution in [3.8, 4) is 0 Å². The normalized spacial score (nSPS) is 15.3. The highest BCUT2D eigenvalue weighted by atomic mass is 31.2. The lowest BCUT2D eigenvalue weighted by atomic mass is 10.0. The molecule has 1 unspecified atom stereocenters. The molecular formula is C22H45O9P. The highest BCUT2D eigenvalue weighted by molar-refractivity contribution is 7.47. The summed E-state index contributed by atoms with van der Waals surface area (Å²) < 4.78 is 25.9. The molecule has 0 aromatic rings. The third kappa shape index (κ3) is 20.1. The van der Waals surface area contributed by atoms with E-state index >= 15 is 0 Å². The van der Waals surface area contributed by atoms with Gasteiger partial charge in [-0.3, -0.25) is 13.8 Å². The summed E-state index contributed by atoms with van der Waals surface area (Å²) in [5.74, 6) is -0.500. The van der Waals surface area contributed by atoms with Crippen LogP contribution in [0, 0.1) is 0 Å². The predicted octanol–water partition coefficient (Wildman–Crippen LogP) is 3.86. The fourth-order valence-electron chi connectivity index (χ4n) is 3.10. The van der Waals surface area contributed by atoms with Gasteiger partial charge in [0.15, 0.2) is 0 Å². The van der Waals surface area contributed by atoms with Crippen molar-refractivity contribution >= 4 is 13.8 Å². The lowest BCUT2D eigenvalue weighted by Crippen LogP contribution is -2.27. The summed E-state index contributed by atoms with van der Waals surface area (Å²) in [7, 11) is -4.49. The largest absolute Gasteiger partial charge is 0.472 e. The first-order valence-electron chi connectivity index (χ1n) is 12.1. The fraction of sp³-hybridized carbons (Fsp3) is 0.955. The van der Waals surface area contributed by atoms with Crippen molar-refractivity contribution in [3.63, 3.8) is 0 Å². The van der Waals surface area contributed by atoms with Crippen LogP contribution in [0.1, 0.15) is 96.8 Å². The van der Waals surface area contributed by atoms with E-state index in [1.807, 2.05) is 0 Å². The van der Waals surface area contributed by atoms with Gasteiger partial charge in [-0.15, -0.1) is 0 Å². The zero-order valence-electron chi connectivity index (χ0n) is 19.7. The van der Waals surface area contributed by atoms with Crippen LogP contribution in [0.2, 0.25) is 0 Å². The number of aliphatic hydroxyl groups is 3. The Morgan fingerprint density at radius 2 is 1.25 bits per heavy atom. The van der Waals surface area contributed by atoms with E-state index in [9.17, 15) is 19.4 Å². The Hall–Kier alpha value is -0.540. The highest BCUT2D eigenvalue weighted by Crippen LogP contribution is 2.43. The molecule has 0 bridgehead atoms. The molecule has 192 valence electrons. The molecule has 0 saturated heterocycles. The molecule has 4 N–H and O–H groups in total. The van der Waals surface area contributed by atoms with Crippen LogP contribution in [-0.4, -0.2) is 64.8 Å². The zero-order valence-corrected chi connectivity index (χ0v) is 20.6. The lowest BCUT2D eigenvalue weighted by Gasteiger charge is -2.18. The Balaban J connectivity index is 3.71. The average Bonchev–Trinajstić information content (AvgIpc) is 2.78. The topological polar surface area (TPSA) is 143 Å². The van der Waals surface area contributed by atoms with Crippen LogP contribution in [0.5, 0.6) is 0 Å². The van der Waals surface area contributed by atoms with Crippen LogP contribution < -0.4 is 0 Å². The van der Waals surface area contributed by atoms with Crippen molar-refractivity contribution in [2.45, 2.75) is 109 Å². The van der Waals surface area contributed by atoms with Gasteiger partial charge in [0.25, 0.3) is 0 Å². The second-order valence-corrected chi connectivity index (χ2v) is 9.64. The third-order valence-electron chi connectivity index (χ3n) is 5.05. The van der Waals surface area contributed by atoms with Crippen molar-refractivity contribution in [1.29, 1.82) is 0 Å².